The van der Waals surface area contributed by atoms with Gasteiger partial charge in [-0.05, 0) is 89.9 Å². The van der Waals surface area contributed by atoms with E-state index in [9.17, 15) is 14.4 Å². The number of esters is 3. The summed E-state index contributed by atoms with van der Waals surface area (Å²) in [5, 5.41) is 0. The minimum Gasteiger partial charge on any atom is -0.462 e. The molecule has 0 N–H and O–H groups in total. The van der Waals surface area contributed by atoms with Crippen molar-refractivity contribution in [3.63, 3.8) is 0 Å². The van der Waals surface area contributed by atoms with Crippen molar-refractivity contribution < 1.29 is 28.6 Å². The van der Waals surface area contributed by atoms with Gasteiger partial charge in [0.25, 0.3) is 0 Å². The van der Waals surface area contributed by atoms with E-state index in [-0.39, 0.29) is 37.5 Å². The van der Waals surface area contributed by atoms with Gasteiger partial charge in [0.15, 0.2) is 6.10 Å². The van der Waals surface area contributed by atoms with Crippen LogP contribution in [0.15, 0.2) is 85.1 Å². The molecule has 390 valence electrons. The van der Waals surface area contributed by atoms with Gasteiger partial charge in [0.05, 0.1) is 0 Å². The third-order valence-corrected chi connectivity index (χ3v) is 12.2. The van der Waals surface area contributed by atoms with Gasteiger partial charge in [0.2, 0.25) is 0 Å². The molecule has 0 heterocycles. The molecule has 0 aliphatic rings. The lowest BCUT2D eigenvalue weighted by Crippen LogP contribution is -2.30. The van der Waals surface area contributed by atoms with Crippen LogP contribution in [0.5, 0.6) is 0 Å². The number of hydrogen-bond donors (Lipinski definition) is 0. The second-order valence-electron chi connectivity index (χ2n) is 18.9. The molecule has 0 radical (unpaired) electrons. The molecule has 0 aromatic carbocycles. The first-order chi connectivity index (χ1) is 33.5. The SMILES string of the molecule is CCCCC\C=C/C=C\C=C/C=C\CCCCCCCC(=O)OC(COC(=O)CC/C=C\C/C=C\CCCCCCCC)COC(=O)CCCCCCCCC/C=C\CCCCCCCCCC. The highest BCUT2D eigenvalue weighted by atomic mass is 16.6. The van der Waals surface area contributed by atoms with E-state index in [1.165, 1.54) is 148 Å². The zero-order valence-electron chi connectivity index (χ0n) is 44.6. The third-order valence-electron chi connectivity index (χ3n) is 12.2. The van der Waals surface area contributed by atoms with Crippen LogP contribution in [0.1, 0.15) is 271 Å². The van der Waals surface area contributed by atoms with Crippen molar-refractivity contribution in [2.75, 3.05) is 13.2 Å². The van der Waals surface area contributed by atoms with Crippen LogP contribution in [0, 0.1) is 0 Å². The molecule has 0 spiro atoms. The molecule has 0 bridgehead atoms. The van der Waals surface area contributed by atoms with Crippen LogP contribution in [0.25, 0.3) is 0 Å². The highest BCUT2D eigenvalue weighted by Gasteiger charge is 2.19. The van der Waals surface area contributed by atoms with Crippen molar-refractivity contribution in [2.24, 2.45) is 0 Å². The van der Waals surface area contributed by atoms with Crippen molar-refractivity contribution >= 4 is 17.9 Å². The third kappa shape index (κ3) is 53.5. The maximum atomic E-state index is 12.8. The molecule has 1 unspecified atom stereocenters. The number of allylic oxidation sites excluding steroid dienone is 14. The molecule has 0 aromatic heterocycles. The lowest BCUT2D eigenvalue weighted by Gasteiger charge is -2.18. The molecule has 0 saturated carbocycles. The number of carbonyl (C=O) groups is 3. The molecule has 6 nitrogen and oxygen atoms in total. The van der Waals surface area contributed by atoms with Gasteiger partial charge >= 0.3 is 17.9 Å². The van der Waals surface area contributed by atoms with E-state index in [2.05, 4.69) is 99.8 Å². The van der Waals surface area contributed by atoms with Crippen molar-refractivity contribution in [1.82, 2.24) is 0 Å². The van der Waals surface area contributed by atoms with Crippen LogP contribution >= 0.6 is 0 Å². The Morgan fingerprint density at radius 2 is 0.618 bits per heavy atom. The first-order valence-electron chi connectivity index (χ1n) is 28.6. The van der Waals surface area contributed by atoms with Gasteiger partial charge in [-0.15, -0.1) is 0 Å². The van der Waals surface area contributed by atoms with Gasteiger partial charge in [0.1, 0.15) is 13.2 Å². The summed E-state index contributed by atoms with van der Waals surface area (Å²) in [6.07, 6.45) is 72.9. The fourth-order valence-corrected chi connectivity index (χ4v) is 7.85. The van der Waals surface area contributed by atoms with Crippen LogP contribution in [0.2, 0.25) is 0 Å². The Morgan fingerprint density at radius 1 is 0.309 bits per heavy atom. The summed E-state index contributed by atoms with van der Waals surface area (Å²) in [7, 11) is 0. The average Bonchev–Trinajstić information content (AvgIpc) is 3.34. The molecular weight excluding hydrogens is 841 g/mol. The smallest absolute Gasteiger partial charge is 0.306 e. The Bertz CT molecular complexity index is 1320. The number of carbonyl (C=O) groups excluding carboxylic acids is 3. The second-order valence-corrected chi connectivity index (χ2v) is 18.9. The first-order valence-corrected chi connectivity index (χ1v) is 28.6. The molecule has 0 saturated heterocycles. The first kappa shape index (κ1) is 64.6. The zero-order chi connectivity index (χ0) is 49.3. The summed E-state index contributed by atoms with van der Waals surface area (Å²) in [5.74, 6) is -0.999. The number of ether oxygens (including phenoxy) is 3. The van der Waals surface area contributed by atoms with E-state index >= 15 is 0 Å². The van der Waals surface area contributed by atoms with Crippen LogP contribution in [-0.4, -0.2) is 37.2 Å². The molecule has 0 fully saturated rings. The maximum Gasteiger partial charge on any atom is 0.306 e. The summed E-state index contributed by atoms with van der Waals surface area (Å²) in [6, 6.07) is 0. The van der Waals surface area contributed by atoms with E-state index in [1.54, 1.807) is 0 Å². The largest absolute Gasteiger partial charge is 0.462 e. The lowest BCUT2D eigenvalue weighted by atomic mass is 10.1. The van der Waals surface area contributed by atoms with E-state index < -0.39 is 6.10 Å². The molecule has 68 heavy (non-hydrogen) atoms. The second kappa shape index (κ2) is 56.2. The Kier molecular flexibility index (Phi) is 53.4. The van der Waals surface area contributed by atoms with E-state index in [4.69, 9.17) is 14.2 Å². The van der Waals surface area contributed by atoms with Crippen LogP contribution in [0.4, 0.5) is 0 Å². The average molecular weight is 948 g/mol. The van der Waals surface area contributed by atoms with Crippen LogP contribution in [-0.2, 0) is 28.6 Å². The van der Waals surface area contributed by atoms with Gasteiger partial charge in [-0.1, -0.05) is 247 Å². The van der Waals surface area contributed by atoms with E-state index in [0.29, 0.717) is 19.3 Å². The zero-order valence-corrected chi connectivity index (χ0v) is 44.6. The molecule has 0 rings (SSSR count). The Morgan fingerprint density at radius 3 is 1.07 bits per heavy atom. The van der Waals surface area contributed by atoms with Gasteiger partial charge < -0.3 is 14.2 Å². The fourth-order valence-electron chi connectivity index (χ4n) is 7.85. The Balaban J connectivity index is 4.47. The highest BCUT2D eigenvalue weighted by molar-refractivity contribution is 5.71. The summed E-state index contributed by atoms with van der Waals surface area (Å²) in [4.78, 5) is 38.1. The predicted molar refractivity (Wildman–Crippen MR) is 293 cm³/mol. The predicted octanol–water partition coefficient (Wildman–Crippen LogP) is 19.2. The minimum atomic E-state index is -0.814. The van der Waals surface area contributed by atoms with E-state index in [0.717, 1.165) is 77.0 Å². The van der Waals surface area contributed by atoms with Crippen molar-refractivity contribution in [1.29, 1.82) is 0 Å². The van der Waals surface area contributed by atoms with Crippen molar-refractivity contribution in [3.05, 3.63) is 85.1 Å². The Labute approximate surface area is 420 Å². The summed E-state index contributed by atoms with van der Waals surface area (Å²) >= 11 is 0. The molecular formula is C62H106O6. The van der Waals surface area contributed by atoms with Gasteiger partial charge in [-0.3, -0.25) is 14.4 Å². The van der Waals surface area contributed by atoms with Gasteiger partial charge in [-0.25, -0.2) is 0 Å². The fraction of sp³-hybridized carbons (Fsp3) is 0.726. The molecule has 0 aliphatic heterocycles. The molecule has 0 aromatic rings. The maximum absolute atomic E-state index is 12.8. The topological polar surface area (TPSA) is 78.9 Å². The normalized spacial score (nSPS) is 12.7. The molecule has 6 heteroatoms. The molecule has 0 amide bonds. The lowest BCUT2D eigenvalue weighted by molar-refractivity contribution is -0.166. The monoisotopic (exact) mass is 947 g/mol. The quantitative estimate of drug-likeness (QED) is 0.0199. The molecule has 0 aliphatic carbocycles. The summed E-state index contributed by atoms with van der Waals surface area (Å²) in [6.45, 7) is 6.53. The number of unbranched alkanes of at least 4 members (excludes halogenated alkanes) is 29. The van der Waals surface area contributed by atoms with Crippen molar-refractivity contribution in [3.8, 4) is 0 Å². The van der Waals surface area contributed by atoms with Crippen LogP contribution in [0.3, 0.4) is 0 Å². The minimum absolute atomic E-state index is 0.106. The van der Waals surface area contributed by atoms with Gasteiger partial charge in [-0.2, -0.15) is 0 Å². The van der Waals surface area contributed by atoms with Gasteiger partial charge in [0, 0.05) is 19.3 Å². The number of rotatable bonds is 51. The summed E-state index contributed by atoms with van der Waals surface area (Å²) < 4.78 is 16.8. The highest BCUT2D eigenvalue weighted by Crippen LogP contribution is 2.14. The number of hydrogen-bond acceptors (Lipinski definition) is 6. The standard InChI is InChI=1S/C62H106O6/c1-4-7-10-13-16-19-22-25-27-29-31-33-34-37-40-43-46-49-52-55-61(64)67-58-59(57-66-60(63)54-51-48-45-42-39-36-24-21-18-15-12-9-6-3)68-62(65)56-53-50-47-44-41-38-35-32-30-28-26-23-20-17-14-11-8-5-2/h17,20,23,26,28-32,35-36,39,45,48,59H,4-16,18-19,21-22,24-25,27,33-34,37-38,40-44,46-47,49-58H2,1-3H3/b20-17-,26-23-,30-28-,31-29-,35-32-,39-36-,48-45-. The van der Waals surface area contributed by atoms with Crippen molar-refractivity contribution in [2.45, 2.75) is 277 Å². The van der Waals surface area contributed by atoms with Crippen LogP contribution < -0.4 is 0 Å². The summed E-state index contributed by atoms with van der Waals surface area (Å²) in [5.41, 5.74) is 0. The molecule has 1 atom stereocenters. The Hall–Kier alpha value is -3.41. The van der Waals surface area contributed by atoms with E-state index in [1.807, 2.05) is 6.08 Å².